The molecule has 1 aromatic rings. The molecule has 1 heterocycles. The van der Waals surface area contributed by atoms with Gasteiger partial charge in [-0.3, -0.25) is 4.90 Å². The van der Waals surface area contributed by atoms with E-state index in [0.29, 0.717) is 12.0 Å². The van der Waals surface area contributed by atoms with Gasteiger partial charge in [-0.15, -0.1) is 0 Å². The summed E-state index contributed by atoms with van der Waals surface area (Å²) in [6, 6.07) is 5.96. The van der Waals surface area contributed by atoms with Gasteiger partial charge in [0.1, 0.15) is 5.82 Å². The Kier molecular flexibility index (Phi) is 5.42. The first kappa shape index (κ1) is 15.7. The average Bonchev–Trinajstić information content (AvgIpc) is 2.40. The smallest absolute Gasteiger partial charge is 0.142 e. The zero-order valence-electron chi connectivity index (χ0n) is 12.5. The van der Waals surface area contributed by atoms with Gasteiger partial charge < -0.3 is 5.32 Å². The minimum absolute atomic E-state index is 0.198. The van der Waals surface area contributed by atoms with E-state index in [9.17, 15) is 4.39 Å². The van der Waals surface area contributed by atoms with Crippen LogP contribution in [0.15, 0.2) is 18.2 Å². The van der Waals surface area contributed by atoms with E-state index in [1.807, 2.05) is 6.07 Å². The van der Waals surface area contributed by atoms with Crippen LogP contribution in [0, 0.1) is 11.7 Å². The van der Waals surface area contributed by atoms with Crippen molar-refractivity contribution < 1.29 is 4.39 Å². The lowest BCUT2D eigenvalue weighted by Crippen LogP contribution is -2.41. The Balaban J connectivity index is 2.20. The second-order valence-corrected chi connectivity index (χ2v) is 6.47. The van der Waals surface area contributed by atoms with E-state index >= 15 is 0 Å². The maximum atomic E-state index is 13.7. The number of benzene rings is 1. The SMILES string of the molecule is CC(C)NCC1CCCN(C)C1c1ccc(Cl)c(F)c1. The fourth-order valence-corrected chi connectivity index (χ4v) is 3.20. The Morgan fingerprint density at radius 3 is 2.85 bits per heavy atom. The number of nitrogens with one attached hydrogen (secondary N) is 1. The number of piperidine rings is 1. The summed E-state index contributed by atoms with van der Waals surface area (Å²) < 4.78 is 13.7. The molecule has 1 saturated heterocycles. The molecule has 112 valence electrons. The summed E-state index contributed by atoms with van der Waals surface area (Å²) in [6.07, 6.45) is 2.38. The lowest BCUT2D eigenvalue weighted by atomic mass is 9.84. The zero-order valence-corrected chi connectivity index (χ0v) is 13.3. The summed E-state index contributed by atoms with van der Waals surface area (Å²) >= 11 is 5.79. The van der Waals surface area contributed by atoms with Crippen molar-refractivity contribution in [2.75, 3.05) is 20.1 Å². The molecule has 1 aliphatic rings. The van der Waals surface area contributed by atoms with Crippen LogP contribution in [-0.4, -0.2) is 31.1 Å². The summed E-state index contributed by atoms with van der Waals surface area (Å²) in [4.78, 5) is 2.33. The van der Waals surface area contributed by atoms with Crippen LogP contribution in [0.5, 0.6) is 0 Å². The van der Waals surface area contributed by atoms with E-state index in [4.69, 9.17) is 11.6 Å². The van der Waals surface area contributed by atoms with Crippen molar-refractivity contribution in [2.45, 2.75) is 38.8 Å². The molecule has 0 saturated carbocycles. The highest BCUT2D eigenvalue weighted by Gasteiger charge is 2.30. The first-order valence-electron chi connectivity index (χ1n) is 7.37. The van der Waals surface area contributed by atoms with E-state index in [0.717, 1.165) is 18.7 Å². The molecule has 4 heteroatoms. The summed E-state index contributed by atoms with van der Waals surface area (Å²) in [5.74, 6) is 0.190. The van der Waals surface area contributed by atoms with Gasteiger partial charge in [-0.2, -0.15) is 0 Å². The third-order valence-corrected chi connectivity index (χ3v) is 4.39. The zero-order chi connectivity index (χ0) is 14.7. The van der Waals surface area contributed by atoms with Gasteiger partial charge in [0.05, 0.1) is 5.02 Å². The number of rotatable bonds is 4. The van der Waals surface area contributed by atoms with E-state index in [1.165, 1.54) is 12.8 Å². The number of halogens is 2. The molecule has 1 N–H and O–H groups in total. The van der Waals surface area contributed by atoms with Crippen LogP contribution in [0.1, 0.15) is 38.3 Å². The van der Waals surface area contributed by atoms with Crippen LogP contribution < -0.4 is 5.32 Å². The van der Waals surface area contributed by atoms with Gasteiger partial charge in [-0.25, -0.2) is 4.39 Å². The molecule has 0 aromatic heterocycles. The summed E-state index contributed by atoms with van der Waals surface area (Å²) in [5.41, 5.74) is 1.03. The predicted octanol–water partition coefficient (Wildman–Crippen LogP) is 3.86. The summed E-state index contributed by atoms with van der Waals surface area (Å²) in [5, 5.41) is 3.71. The Hall–Kier alpha value is -0.640. The molecule has 2 atom stereocenters. The minimum Gasteiger partial charge on any atom is -0.314 e. The number of likely N-dealkylation sites (tertiary alicyclic amines) is 1. The predicted molar refractivity (Wildman–Crippen MR) is 82.6 cm³/mol. The van der Waals surface area contributed by atoms with Gasteiger partial charge in [-0.1, -0.05) is 31.5 Å². The third kappa shape index (κ3) is 3.72. The highest BCUT2D eigenvalue weighted by molar-refractivity contribution is 6.30. The fraction of sp³-hybridized carbons (Fsp3) is 0.625. The van der Waals surface area contributed by atoms with Crippen molar-refractivity contribution >= 4 is 11.6 Å². The van der Waals surface area contributed by atoms with Crippen molar-refractivity contribution in [3.8, 4) is 0 Å². The molecule has 0 bridgehead atoms. The van der Waals surface area contributed by atoms with Crippen LogP contribution in [0.4, 0.5) is 4.39 Å². The number of nitrogens with zero attached hydrogens (tertiary/aromatic N) is 1. The maximum Gasteiger partial charge on any atom is 0.142 e. The highest BCUT2D eigenvalue weighted by Crippen LogP contribution is 2.35. The van der Waals surface area contributed by atoms with E-state index < -0.39 is 0 Å². The molecule has 0 aliphatic carbocycles. The van der Waals surface area contributed by atoms with Gasteiger partial charge in [-0.05, 0) is 50.0 Å². The van der Waals surface area contributed by atoms with E-state index in [2.05, 4.69) is 31.1 Å². The summed E-state index contributed by atoms with van der Waals surface area (Å²) in [6.45, 7) is 6.34. The molecule has 0 spiro atoms. The molecule has 0 radical (unpaired) electrons. The Morgan fingerprint density at radius 1 is 1.45 bits per heavy atom. The standard InChI is InChI=1S/C16H24ClFN2/c1-11(2)19-10-13-5-4-8-20(3)16(13)12-6-7-14(17)15(18)9-12/h6-7,9,11,13,16,19H,4-5,8,10H2,1-3H3. The van der Waals surface area contributed by atoms with Crippen LogP contribution in [0.25, 0.3) is 0 Å². The van der Waals surface area contributed by atoms with Crippen LogP contribution in [0.3, 0.4) is 0 Å². The van der Waals surface area contributed by atoms with Crippen molar-refractivity contribution in [1.29, 1.82) is 0 Å². The topological polar surface area (TPSA) is 15.3 Å². The van der Waals surface area contributed by atoms with Crippen molar-refractivity contribution in [2.24, 2.45) is 5.92 Å². The first-order valence-corrected chi connectivity index (χ1v) is 7.75. The quantitative estimate of drug-likeness (QED) is 0.908. The Morgan fingerprint density at radius 2 is 2.20 bits per heavy atom. The fourth-order valence-electron chi connectivity index (χ4n) is 3.08. The van der Waals surface area contributed by atoms with E-state index in [1.54, 1.807) is 12.1 Å². The van der Waals surface area contributed by atoms with Crippen LogP contribution in [0.2, 0.25) is 5.02 Å². The Labute approximate surface area is 126 Å². The molecule has 2 unspecified atom stereocenters. The molecule has 2 nitrogen and oxygen atoms in total. The number of hydrogen-bond acceptors (Lipinski definition) is 2. The van der Waals surface area contributed by atoms with Crippen LogP contribution >= 0.6 is 11.6 Å². The first-order chi connectivity index (χ1) is 9.49. The largest absolute Gasteiger partial charge is 0.314 e. The maximum absolute atomic E-state index is 13.7. The van der Waals surface area contributed by atoms with Crippen molar-refractivity contribution in [3.05, 3.63) is 34.6 Å². The van der Waals surface area contributed by atoms with Crippen molar-refractivity contribution in [3.63, 3.8) is 0 Å². The van der Waals surface area contributed by atoms with Gasteiger partial charge in [0, 0.05) is 18.6 Å². The van der Waals surface area contributed by atoms with Gasteiger partial charge in [0.25, 0.3) is 0 Å². The lowest BCUT2D eigenvalue weighted by molar-refractivity contribution is 0.118. The molecular weight excluding hydrogens is 275 g/mol. The Bertz CT molecular complexity index is 450. The molecule has 2 rings (SSSR count). The monoisotopic (exact) mass is 298 g/mol. The normalized spacial score (nSPS) is 24.3. The average molecular weight is 299 g/mol. The molecule has 20 heavy (non-hydrogen) atoms. The van der Waals surface area contributed by atoms with Gasteiger partial charge in [0.2, 0.25) is 0 Å². The third-order valence-electron chi connectivity index (χ3n) is 4.08. The molecule has 1 fully saturated rings. The number of hydrogen-bond donors (Lipinski definition) is 1. The van der Waals surface area contributed by atoms with Crippen LogP contribution in [-0.2, 0) is 0 Å². The summed E-state index contributed by atoms with van der Waals surface area (Å²) in [7, 11) is 2.12. The van der Waals surface area contributed by atoms with Crippen molar-refractivity contribution in [1.82, 2.24) is 10.2 Å². The lowest BCUT2D eigenvalue weighted by Gasteiger charge is -2.40. The molecule has 1 aliphatic heterocycles. The second-order valence-electron chi connectivity index (χ2n) is 6.06. The molecular formula is C16H24ClFN2. The molecule has 0 amide bonds. The highest BCUT2D eigenvalue weighted by atomic mass is 35.5. The minimum atomic E-state index is -0.321. The van der Waals surface area contributed by atoms with E-state index in [-0.39, 0.29) is 16.9 Å². The van der Waals surface area contributed by atoms with Gasteiger partial charge >= 0.3 is 0 Å². The van der Waals surface area contributed by atoms with Gasteiger partial charge in [0.15, 0.2) is 0 Å². The molecule has 1 aromatic carbocycles. The second kappa shape index (κ2) is 6.88.